The summed E-state index contributed by atoms with van der Waals surface area (Å²) >= 11 is 0. The molecule has 0 aliphatic carbocycles. The first-order valence-electron chi connectivity index (χ1n) is 11.0. The number of ether oxygens (including phenoxy) is 1. The second-order valence-electron chi connectivity index (χ2n) is 7.99. The van der Waals surface area contributed by atoms with E-state index in [1.165, 1.54) is 18.2 Å². The van der Waals surface area contributed by atoms with E-state index < -0.39 is 11.9 Å². The molecule has 1 atom stereocenters. The molecule has 1 aliphatic rings. The van der Waals surface area contributed by atoms with Crippen LogP contribution >= 0.6 is 0 Å². The Kier molecular flexibility index (Phi) is 6.22. The summed E-state index contributed by atoms with van der Waals surface area (Å²) in [4.78, 5) is 18.3. The summed E-state index contributed by atoms with van der Waals surface area (Å²) in [6.45, 7) is 0.255. The Labute approximate surface area is 201 Å². The van der Waals surface area contributed by atoms with Crippen LogP contribution < -0.4 is 15.0 Å². The van der Waals surface area contributed by atoms with Gasteiger partial charge in [0, 0.05) is 35.4 Å². The Morgan fingerprint density at radius 3 is 2.54 bits per heavy atom. The molecule has 0 saturated carbocycles. The minimum atomic E-state index is -0.699. The van der Waals surface area contributed by atoms with Gasteiger partial charge < -0.3 is 19.7 Å². The zero-order valence-corrected chi connectivity index (χ0v) is 18.6. The first-order valence-corrected chi connectivity index (χ1v) is 11.0. The van der Waals surface area contributed by atoms with Crippen molar-refractivity contribution in [1.29, 1.82) is 0 Å². The van der Waals surface area contributed by atoms with E-state index in [-0.39, 0.29) is 18.2 Å². The largest absolute Gasteiger partial charge is 0.486 e. The van der Waals surface area contributed by atoms with Gasteiger partial charge in [-0.15, -0.1) is 0 Å². The summed E-state index contributed by atoms with van der Waals surface area (Å²) in [5, 5.41) is 3.13. The van der Waals surface area contributed by atoms with Crippen LogP contribution in [0.25, 0.3) is 6.08 Å². The highest BCUT2D eigenvalue weighted by atomic mass is 19.1. The molecule has 5 nitrogen and oxygen atoms in total. The van der Waals surface area contributed by atoms with Gasteiger partial charge in [0.25, 0.3) is 0 Å². The van der Waals surface area contributed by atoms with Crippen LogP contribution in [0.5, 0.6) is 5.75 Å². The summed E-state index contributed by atoms with van der Waals surface area (Å²) in [7, 11) is 0. The van der Waals surface area contributed by atoms with Crippen molar-refractivity contribution in [3.8, 4) is 5.75 Å². The van der Waals surface area contributed by atoms with Gasteiger partial charge in [0.15, 0.2) is 11.6 Å². The van der Waals surface area contributed by atoms with Gasteiger partial charge in [-0.1, -0.05) is 30.3 Å². The van der Waals surface area contributed by atoms with Crippen molar-refractivity contribution in [2.45, 2.75) is 12.6 Å². The van der Waals surface area contributed by atoms with E-state index in [1.807, 2.05) is 36.4 Å². The number of hydrogen-bond donors (Lipinski definition) is 1. The van der Waals surface area contributed by atoms with Gasteiger partial charge in [-0.3, -0.25) is 0 Å². The van der Waals surface area contributed by atoms with E-state index >= 15 is 0 Å². The van der Waals surface area contributed by atoms with Gasteiger partial charge in [0.2, 0.25) is 0 Å². The lowest BCUT2D eigenvalue weighted by molar-refractivity contribution is -0.109. The minimum absolute atomic E-state index is 0.138. The van der Waals surface area contributed by atoms with E-state index in [0.717, 1.165) is 17.4 Å². The molecule has 1 unspecified atom stereocenters. The molecule has 2 heterocycles. The van der Waals surface area contributed by atoms with Gasteiger partial charge in [0.05, 0.1) is 0 Å². The fraction of sp³-hybridized carbons (Fsp3) is 0.0714. The molecule has 0 spiro atoms. The standard InChI is InChI=1S/C28H21F2N3O2/c29-21-6-9-23(10-7-21)33-15-13-20-12-14-31-28(27(20)25(33)17-34)32-22-8-11-26(24(30)16-22)35-18-19-4-2-1-3-5-19/h1-17,25H,18H2,(H,31,32). The normalized spacial score (nSPS) is 14.3. The molecule has 174 valence electrons. The van der Waals surface area contributed by atoms with Crippen molar-refractivity contribution >= 4 is 29.6 Å². The van der Waals surface area contributed by atoms with Crippen LogP contribution in [0.4, 0.5) is 26.0 Å². The van der Waals surface area contributed by atoms with Crippen molar-refractivity contribution in [3.05, 3.63) is 120 Å². The predicted octanol–water partition coefficient (Wildman–Crippen LogP) is 6.41. The molecule has 0 fully saturated rings. The quantitative estimate of drug-likeness (QED) is 0.317. The van der Waals surface area contributed by atoms with Crippen molar-refractivity contribution in [1.82, 2.24) is 4.98 Å². The third-order valence-electron chi connectivity index (χ3n) is 5.72. The summed E-state index contributed by atoms with van der Waals surface area (Å²) in [6, 6.07) is 21.1. The highest BCUT2D eigenvalue weighted by molar-refractivity contribution is 5.82. The number of aromatic nitrogens is 1. The van der Waals surface area contributed by atoms with E-state index in [2.05, 4.69) is 10.3 Å². The lowest BCUT2D eigenvalue weighted by atomic mass is 9.97. The summed E-state index contributed by atoms with van der Waals surface area (Å²) in [5.74, 6) is -0.317. The second kappa shape index (κ2) is 9.77. The number of benzene rings is 3. The third kappa shape index (κ3) is 4.75. The Bertz CT molecular complexity index is 1380. The number of aldehydes is 1. The highest BCUT2D eigenvalue weighted by Gasteiger charge is 2.28. The number of carbonyl (C=O) groups is 1. The first-order chi connectivity index (χ1) is 17.1. The van der Waals surface area contributed by atoms with Crippen LogP contribution in [0.2, 0.25) is 0 Å². The lowest BCUT2D eigenvalue weighted by Gasteiger charge is -2.32. The Morgan fingerprint density at radius 2 is 1.80 bits per heavy atom. The monoisotopic (exact) mass is 469 g/mol. The minimum Gasteiger partial charge on any atom is -0.486 e. The first kappa shape index (κ1) is 22.3. The van der Waals surface area contributed by atoms with Gasteiger partial charge in [0.1, 0.15) is 30.6 Å². The number of halogens is 2. The molecular weight excluding hydrogens is 448 g/mol. The maximum Gasteiger partial charge on any atom is 0.167 e. The SMILES string of the molecule is O=CC1c2c(ccnc2Nc2ccc(OCc3ccccc3)c(F)c2)C=CN1c1ccc(F)cc1. The number of pyridine rings is 1. The number of nitrogens with zero attached hydrogens (tertiary/aromatic N) is 2. The average molecular weight is 469 g/mol. The molecule has 1 N–H and O–H groups in total. The Morgan fingerprint density at radius 1 is 1.00 bits per heavy atom. The molecule has 7 heteroatoms. The van der Waals surface area contributed by atoms with Crippen LogP contribution in [-0.2, 0) is 11.4 Å². The van der Waals surface area contributed by atoms with E-state index in [9.17, 15) is 13.6 Å². The number of carbonyl (C=O) groups excluding carboxylic acids is 1. The topological polar surface area (TPSA) is 54.5 Å². The van der Waals surface area contributed by atoms with Crippen LogP contribution in [0.1, 0.15) is 22.7 Å². The number of hydrogen-bond acceptors (Lipinski definition) is 5. The van der Waals surface area contributed by atoms with Crippen molar-refractivity contribution in [3.63, 3.8) is 0 Å². The molecule has 0 bridgehead atoms. The molecule has 4 aromatic rings. The van der Waals surface area contributed by atoms with E-state index in [0.29, 0.717) is 22.8 Å². The van der Waals surface area contributed by atoms with Crippen LogP contribution in [0.3, 0.4) is 0 Å². The van der Waals surface area contributed by atoms with Crippen LogP contribution in [0.15, 0.2) is 91.3 Å². The number of nitrogens with one attached hydrogen (secondary N) is 1. The molecular formula is C28H21F2N3O2. The fourth-order valence-corrected chi connectivity index (χ4v) is 4.00. The molecule has 5 rings (SSSR count). The molecule has 0 radical (unpaired) electrons. The highest BCUT2D eigenvalue weighted by Crippen LogP contribution is 2.37. The van der Waals surface area contributed by atoms with Crippen LogP contribution in [0, 0.1) is 11.6 Å². The Hall–Kier alpha value is -4.52. The van der Waals surface area contributed by atoms with E-state index in [1.54, 1.807) is 47.6 Å². The third-order valence-corrected chi connectivity index (χ3v) is 5.72. The summed E-state index contributed by atoms with van der Waals surface area (Å²) in [6.07, 6.45) is 6.05. The molecule has 1 aromatic heterocycles. The maximum absolute atomic E-state index is 14.8. The van der Waals surface area contributed by atoms with Gasteiger partial charge in [-0.2, -0.15) is 0 Å². The Balaban J connectivity index is 1.39. The zero-order chi connectivity index (χ0) is 24.2. The van der Waals surface area contributed by atoms with Crippen molar-refractivity contribution in [2.24, 2.45) is 0 Å². The van der Waals surface area contributed by atoms with Crippen molar-refractivity contribution in [2.75, 3.05) is 10.2 Å². The molecule has 35 heavy (non-hydrogen) atoms. The van der Waals surface area contributed by atoms with Gasteiger partial charge in [-0.05, 0) is 59.7 Å². The van der Waals surface area contributed by atoms with E-state index in [4.69, 9.17) is 4.74 Å². The molecule has 3 aromatic carbocycles. The lowest BCUT2D eigenvalue weighted by Crippen LogP contribution is -2.28. The molecule has 0 saturated heterocycles. The van der Waals surface area contributed by atoms with Crippen LogP contribution in [-0.4, -0.2) is 11.3 Å². The second-order valence-corrected chi connectivity index (χ2v) is 7.99. The molecule has 1 aliphatic heterocycles. The predicted molar refractivity (Wildman–Crippen MR) is 131 cm³/mol. The summed E-state index contributed by atoms with van der Waals surface area (Å²) < 4.78 is 33.8. The number of rotatable bonds is 7. The maximum atomic E-state index is 14.8. The zero-order valence-electron chi connectivity index (χ0n) is 18.6. The number of anilines is 3. The fourth-order valence-electron chi connectivity index (χ4n) is 4.00. The molecule has 0 amide bonds. The smallest absolute Gasteiger partial charge is 0.167 e. The van der Waals surface area contributed by atoms with Gasteiger partial charge in [-0.25, -0.2) is 13.8 Å². The number of fused-ring (bicyclic) bond motifs is 1. The van der Waals surface area contributed by atoms with Crippen molar-refractivity contribution < 1.29 is 18.3 Å². The summed E-state index contributed by atoms with van der Waals surface area (Å²) in [5.41, 5.74) is 3.50. The van der Waals surface area contributed by atoms with Gasteiger partial charge >= 0.3 is 0 Å². The average Bonchev–Trinajstić information content (AvgIpc) is 2.89.